The van der Waals surface area contributed by atoms with E-state index in [9.17, 15) is 4.79 Å². The van der Waals surface area contributed by atoms with Gasteiger partial charge in [-0.2, -0.15) is 0 Å². The van der Waals surface area contributed by atoms with Crippen LogP contribution in [-0.2, 0) is 4.79 Å². The number of carbonyl (C=O) groups excluding carboxylic acids is 1. The normalized spacial score (nSPS) is 9.83. The van der Waals surface area contributed by atoms with Gasteiger partial charge in [-0.05, 0) is 30.7 Å². The second kappa shape index (κ2) is 4.53. The topological polar surface area (TPSA) is 17.1 Å². The van der Waals surface area contributed by atoms with Crippen LogP contribution in [0.4, 0.5) is 0 Å². The number of hydrogen-bond acceptors (Lipinski definition) is 2. The molecule has 0 aliphatic heterocycles. The minimum absolute atomic E-state index is 0.305. The molecule has 0 aliphatic rings. The van der Waals surface area contributed by atoms with E-state index in [-0.39, 0.29) is 5.24 Å². The summed E-state index contributed by atoms with van der Waals surface area (Å²) < 4.78 is 0. The van der Waals surface area contributed by atoms with E-state index < -0.39 is 0 Å². The third kappa shape index (κ3) is 3.28. The Bertz CT molecular complexity index is 268. The number of thioether (sulfide) groups is 1. The molecule has 0 N–H and O–H groups in total. The number of carbonyl (C=O) groups is 1. The molecule has 0 unspecified atom stereocenters. The molecule has 12 heavy (non-hydrogen) atoms. The maximum atomic E-state index is 10.4. The lowest BCUT2D eigenvalue weighted by atomic mass is 10.2. The molecule has 0 radical (unpaired) electrons. The van der Waals surface area contributed by atoms with Gasteiger partial charge in [0.05, 0.1) is 5.75 Å². The Morgan fingerprint density at radius 1 is 1.42 bits per heavy atom. The first-order chi connectivity index (χ1) is 5.68. The Labute approximate surface area is 81.1 Å². The lowest BCUT2D eigenvalue weighted by Gasteiger charge is -1.97. The highest BCUT2D eigenvalue weighted by Gasteiger charge is 1.97. The van der Waals surface area contributed by atoms with E-state index in [2.05, 4.69) is 0 Å². The van der Waals surface area contributed by atoms with Crippen LogP contribution in [0.2, 0.25) is 0 Å². The Morgan fingerprint density at radius 2 is 2.00 bits per heavy atom. The van der Waals surface area contributed by atoms with E-state index in [0.29, 0.717) is 5.75 Å². The minimum Gasteiger partial charge on any atom is -0.280 e. The molecular formula is C9H9ClOS. The van der Waals surface area contributed by atoms with Crippen molar-refractivity contribution in [2.24, 2.45) is 0 Å². The maximum absolute atomic E-state index is 10.4. The second-order valence-electron chi connectivity index (χ2n) is 2.46. The fourth-order valence-electron chi connectivity index (χ4n) is 0.775. The van der Waals surface area contributed by atoms with Crippen LogP contribution in [0, 0.1) is 6.92 Å². The van der Waals surface area contributed by atoms with Crippen molar-refractivity contribution < 1.29 is 4.79 Å². The first-order valence-corrected chi connectivity index (χ1v) is 4.92. The van der Waals surface area contributed by atoms with E-state index in [1.54, 1.807) is 0 Å². The van der Waals surface area contributed by atoms with Gasteiger partial charge in [-0.1, -0.05) is 17.7 Å². The van der Waals surface area contributed by atoms with Crippen molar-refractivity contribution in [2.45, 2.75) is 11.8 Å². The van der Waals surface area contributed by atoms with Gasteiger partial charge in [-0.25, -0.2) is 0 Å². The molecule has 1 aromatic rings. The standard InChI is InChI=1S/C9H9ClOS/c1-7-2-4-8(5-3-7)12-6-9(10)11/h2-5H,6H2,1H3. The molecule has 1 nitrogen and oxygen atoms in total. The predicted octanol–water partition coefficient (Wildman–Crippen LogP) is 2.85. The zero-order valence-electron chi connectivity index (χ0n) is 6.71. The Hall–Kier alpha value is -0.470. The van der Waals surface area contributed by atoms with Crippen LogP contribution in [0.1, 0.15) is 5.56 Å². The summed E-state index contributed by atoms with van der Waals surface area (Å²) >= 11 is 6.65. The molecule has 1 rings (SSSR count). The van der Waals surface area contributed by atoms with E-state index in [0.717, 1.165) is 4.90 Å². The minimum atomic E-state index is -0.305. The van der Waals surface area contributed by atoms with Crippen LogP contribution in [0.3, 0.4) is 0 Å². The third-order valence-electron chi connectivity index (χ3n) is 1.37. The summed E-state index contributed by atoms with van der Waals surface area (Å²) in [5, 5.41) is -0.305. The summed E-state index contributed by atoms with van der Waals surface area (Å²) in [7, 11) is 0. The van der Waals surface area contributed by atoms with E-state index in [1.165, 1.54) is 17.3 Å². The number of halogens is 1. The monoisotopic (exact) mass is 200 g/mol. The zero-order valence-corrected chi connectivity index (χ0v) is 8.28. The molecule has 0 aliphatic carbocycles. The van der Waals surface area contributed by atoms with E-state index >= 15 is 0 Å². The van der Waals surface area contributed by atoms with Crippen LogP contribution in [-0.4, -0.2) is 11.0 Å². The first-order valence-electron chi connectivity index (χ1n) is 3.56. The smallest absolute Gasteiger partial charge is 0.231 e. The maximum Gasteiger partial charge on any atom is 0.231 e. The Kier molecular flexibility index (Phi) is 3.63. The first kappa shape index (κ1) is 9.62. The Morgan fingerprint density at radius 3 is 2.50 bits per heavy atom. The van der Waals surface area contributed by atoms with Gasteiger partial charge in [0.1, 0.15) is 0 Å². The van der Waals surface area contributed by atoms with Crippen LogP contribution in [0.15, 0.2) is 29.2 Å². The third-order valence-corrected chi connectivity index (χ3v) is 2.68. The summed E-state index contributed by atoms with van der Waals surface area (Å²) in [6, 6.07) is 8.00. The highest BCUT2D eigenvalue weighted by Crippen LogP contribution is 2.18. The zero-order chi connectivity index (χ0) is 8.97. The molecule has 0 amide bonds. The summed E-state index contributed by atoms with van der Waals surface area (Å²) in [4.78, 5) is 11.5. The molecule has 1 aromatic carbocycles. The molecular weight excluding hydrogens is 192 g/mol. The average molecular weight is 201 g/mol. The summed E-state index contributed by atoms with van der Waals surface area (Å²) in [6.45, 7) is 2.03. The summed E-state index contributed by atoms with van der Waals surface area (Å²) in [5.41, 5.74) is 1.22. The molecule has 0 spiro atoms. The van der Waals surface area contributed by atoms with Crippen LogP contribution in [0.25, 0.3) is 0 Å². The molecule has 64 valence electrons. The van der Waals surface area contributed by atoms with Crippen molar-refractivity contribution in [2.75, 3.05) is 5.75 Å². The number of rotatable bonds is 3. The van der Waals surface area contributed by atoms with Gasteiger partial charge in [0, 0.05) is 4.90 Å². The highest BCUT2D eigenvalue weighted by molar-refractivity contribution is 8.00. The summed E-state index contributed by atoms with van der Waals surface area (Å²) in [6.07, 6.45) is 0. The van der Waals surface area contributed by atoms with Gasteiger partial charge < -0.3 is 0 Å². The van der Waals surface area contributed by atoms with Crippen molar-refractivity contribution in [1.29, 1.82) is 0 Å². The van der Waals surface area contributed by atoms with Crippen LogP contribution in [0.5, 0.6) is 0 Å². The Balaban J connectivity index is 2.53. The number of aryl methyl sites for hydroxylation is 1. The highest BCUT2D eigenvalue weighted by atomic mass is 35.5. The molecule has 3 heteroatoms. The molecule has 0 bridgehead atoms. The van der Waals surface area contributed by atoms with Gasteiger partial charge in [-0.15, -0.1) is 11.8 Å². The quantitative estimate of drug-likeness (QED) is 0.552. The molecule has 0 saturated carbocycles. The number of benzene rings is 1. The SMILES string of the molecule is Cc1ccc(SCC(=O)Cl)cc1. The molecule has 0 atom stereocenters. The van der Waals surface area contributed by atoms with E-state index in [1.807, 2.05) is 31.2 Å². The van der Waals surface area contributed by atoms with Crippen molar-refractivity contribution in [3.05, 3.63) is 29.8 Å². The van der Waals surface area contributed by atoms with Crippen molar-refractivity contribution in [1.82, 2.24) is 0 Å². The lowest BCUT2D eigenvalue weighted by molar-refractivity contribution is -0.109. The van der Waals surface area contributed by atoms with Gasteiger partial charge >= 0.3 is 0 Å². The second-order valence-corrected chi connectivity index (χ2v) is 3.93. The number of hydrogen-bond donors (Lipinski definition) is 0. The fourth-order valence-corrected chi connectivity index (χ4v) is 1.55. The van der Waals surface area contributed by atoms with Gasteiger partial charge in [-0.3, -0.25) is 4.79 Å². The summed E-state index contributed by atoms with van der Waals surface area (Å²) in [5.74, 6) is 0.338. The molecule has 0 heterocycles. The fraction of sp³-hybridized carbons (Fsp3) is 0.222. The molecule has 0 fully saturated rings. The average Bonchev–Trinajstić information content (AvgIpc) is 2.03. The predicted molar refractivity (Wildman–Crippen MR) is 52.8 cm³/mol. The largest absolute Gasteiger partial charge is 0.280 e. The van der Waals surface area contributed by atoms with Gasteiger partial charge in [0.2, 0.25) is 5.24 Å². The van der Waals surface area contributed by atoms with Crippen LogP contribution >= 0.6 is 23.4 Å². The van der Waals surface area contributed by atoms with Crippen molar-refractivity contribution in [3.8, 4) is 0 Å². The van der Waals surface area contributed by atoms with Crippen molar-refractivity contribution >= 4 is 28.6 Å². The van der Waals surface area contributed by atoms with Gasteiger partial charge in [0.25, 0.3) is 0 Å². The van der Waals surface area contributed by atoms with E-state index in [4.69, 9.17) is 11.6 Å². The van der Waals surface area contributed by atoms with Crippen LogP contribution < -0.4 is 0 Å². The molecule has 0 aromatic heterocycles. The van der Waals surface area contributed by atoms with Gasteiger partial charge in [0.15, 0.2) is 0 Å². The lowest BCUT2D eigenvalue weighted by Crippen LogP contribution is -1.88. The molecule has 0 saturated heterocycles. The van der Waals surface area contributed by atoms with Crippen molar-refractivity contribution in [3.63, 3.8) is 0 Å².